The molecule has 0 aliphatic carbocycles. The van der Waals surface area contributed by atoms with Crippen molar-refractivity contribution >= 4 is 11.9 Å². The number of hydrogen-bond donors (Lipinski definition) is 1. The predicted octanol–water partition coefficient (Wildman–Crippen LogP) is 5.33. The Balaban J connectivity index is 1.64. The molecule has 3 heteroatoms. The highest BCUT2D eigenvalue weighted by Crippen LogP contribution is 2.18. The zero-order chi connectivity index (χ0) is 17.5. The van der Waals surface area contributed by atoms with Crippen LogP contribution < -0.4 is 10.2 Å². The summed E-state index contributed by atoms with van der Waals surface area (Å²) in [7, 11) is 0. The van der Waals surface area contributed by atoms with Gasteiger partial charge in [0.15, 0.2) is 0 Å². The highest BCUT2D eigenvalue weighted by Gasteiger charge is 2.01. The van der Waals surface area contributed by atoms with Gasteiger partial charge in [0.25, 0.3) is 0 Å². The van der Waals surface area contributed by atoms with Gasteiger partial charge in [0.2, 0.25) is 0 Å². The van der Waals surface area contributed by atoms with Crippen molar-refractivity contribution in [2.45, 2.75) is 20.5 Å². The summed E-state index contributed by atoms with van der Waals surface area (Å²) in [6, 6.07) is 24.4. The fourth-order valence-electron chi connectivity index (χ4n) is 2.37. The fraction of sp³-hybridized carbons (Fsp3) is 0.136. The third-order valence-corrected chi connectivity index (χ3v) is 3.88. The van der Waals surface area contributed by atoms with E-state index in [2.05, 4.69) is 60.8 Å². The normalized spacial score (nSPS) is 10.8. The number of rotatable bonds is 6. The van der Waals surface area contributed by atoms with Gasteiger partial charge in [0.05, 0.1) is 11.9 Å². The molecule has 3 aromatic carbocycles. The number of hydrazone groups is 1. The van der Waals surface area contributed by atoms with Gasteiger partial charge < -0.3 is 4.74 Å². The van der Waals surface area contributed by atoms with Crippen molar-refractivity contribution in [1.82, 2.24) is 0 Å². The molecule has 0 saturated heterocycles. The van der Waals surface area contributed by atoms with Crippen LogP contribution in [-0.2, 0) is 6.61 Å². The zero-order valence-electron chi connectivity index (χ0n) is 14.6. The zero-order valence-corrected chi connectivity index (χ0v) is 14.6. The summed E-state index contributed by atoms with van der Waals surface area (Å²) < 4.78 is 5.96. The first-order valence-corrected chi connectivity index (χ1v) is 8.34. The molecular weight excluding hydrogens is 308 g/mol. The van der Waals surface area contributed by atoms with Crippen molar-refractivity contribution < 1.29 is 4.74 Å². The quantitative estimate of drug-likeness (QED) is 0.489. The van der Waals surface area contributed by atoms with Crippen molar-refractivity contribution in [3.63, 3.8) is 0 Å². The summed E-state index contributed by atoms with van der Waals surface area (Å²) in [5.74, 6) is 0.817. The Morgan fingerprint density at radius 3 is 2.20 bits per heavy atom. The minimum absolute atomic E-state index is 0.538. The van der Waals surface area contributed by atoms with Crippen molar-refractivity contribution in [2.24, 2.45) is 5.10 Å². The number of nitrogens with zero attached hydrogens (tertiary/aromatic N) is 1. The van der Waals surface area contributed by atoms with Gasteiger partial charge in [-0.25, -0.2) is 0 Å². The molecule has 126 valence electrons. The number of ether oxygens (including phenoxy) is 1. The second-order valence-corrected chi connectivity index (χ2v) is 6.05. The van der Waals surface area contributed by atoms with Crippen LogP contribution in [0.3, 0.4) is 0 Å². The molecule has 0 aromatic heterocycles. The van der Waals surface area contributed by atoms with Crippen LogP contribution in [0.5, 0.6) is 5.75 Å². The van der Waals surface area contributed by atoms with Gasteiger partial charge in [-0.05, 0) is 43.7 Å². The molecule has 0 unspecified atom stereocenters. The molecule has 0 radical (unpaired) electrons. The van der Waals surface area contributed by atoms with Crippen LogP contribution in [0.15, 0.2) is 77.9 Å². The molecule has 0 atom stereocenters. The molecule has 3 aromatic rings. The standard InChI is InChI=1S/C22H22N2O/c1-17-7-11-19(12-8-17)16-25-22-6-4-3-5-20(22)15-23-24-21-13-9-18(2)10-14-21/h3-15,24H,16H2,1-2H3/b23-15+. The van der Waals surface area contributed by atoms with Crippen LogP contribution in [0.2, 0.25) is 0 Å². The molecule has 0 aliphatic heterocycles. The molecule has 0 fully saturated rings. The van der Waals surface area contributed by atoms with Crippen LogP contribution >= 0.6 is 0 Å². The first kappa shape index (κ1) is 16.8. The molecule has 0 spiro atoms. The maximum atomic E-state index is 5.96. The summed E-state index contributed by atoms with van der Waals surface area (Å²) in [6.07, 6.45) is 1.78. The Bertz CT molecular complexity index is 837. The molecule has 0 saturated carbocycles. The summed E-state index contributed by atoms with van der Waals surface area (Å²) >= 11 is 0. The van der Waals surface area contributed by atoms with E-state index in [9.17, 15) is 0 Å². The molecule has 3 nitrogen and oxygen atoms in total. The van der Waals surface area contributed by atoms with Crippen molar-refractivity contribution in [1.29, 1.82) is 0 Å². The molecule has 0 amide bonds. The minimum atomic E-state index is 0.538. The number of benzene rings is 3. The molecule has 0 aliphatic rings. The number of nitrogens with one attached hydrogen (secondary N) is 1. The van der Waals surface area contributed by atoms with E-state index < -0.39 is 0 Å². The highest BCUT2D eigenvalue weighted by atomic mass is 16.5. The molecule has 3 rings (SSSR count). The lowest BCUT2D eigenvalue weighted by Gasteiger charge is -2.09. The van der Waals surface area contributed by atoms with Crippen molar-refractivity contribution in [2.75, 3.05) is 5.43 Å². The van der Waals surface area contributed by atoms with Gasteiger partial charge in [-0.1, -0.05) is 59.7 Å². The second-order valence-electron chi connectivity index (χ2n) is 6.05. The Morgan fingerprint density at radius 1 is 0.840 bits per heavy atom. The Labute approximate surface area is 149 Å². The van der Waals surface area contributed by atoms with E-state index in [-0.39, 0.29) is 0 Å². The van der Waals surface area contributed by atoms with Crippen LogP contribution in [0.25, 0.3) is 0 Å². The molecule has 25 heavy (non-hydrogen) atoms. The van der Waals surface area contributed by atoms with Crippen LogP contribution in [0.1, 0.15) is 22.3 Å². The summed E-state index contributed by atoms with van der Waals surface area (Å²) in [5, 5.41) is 4.31. The molecule has 0 bridgehead atoms. The largest absolute Gasteiger partial charge is 0.488 e. The number of para-hydroxylation sites is 1. The second kappa shape index (κ2) is 8.15. The Morgan fingerprint density at radius 2 is 1.48 bits per heavy atom. The number of anilines is 1. The predicted molar refractivity (Wildman–Crippen MR) is 104 cm³/mol. The van der Waals surface area contributed by atoms with Crippen molar-refractivity contribution in [3.8, 4) is 5.75 Å². The first-order valence-electron chi connectivity index (χ1n) is 8.34. The molecule has 0 heterocycles. The van der Waals surface area contributed by atoms with Crippen LogP contribution in [0, 0.1) is 13.8 Å². The average Bonchev–Trinajstić information content (AvgIpc) is 2.64. The average molecular weight is 330 g/mol. The topological polar surface area (TPSA) is 33.6 Å². The lowest BCUT2D eigenvalue weighted by Crippen LogP contribution is -1.99. The third-order valence-electron chi connectivity index (χ3n) is 3.88. The Kier molecular flexibility index (Phi) is 5.47. The highest BCUT2D eigenvalue weighted by molar-refractivity contribution is 5.84. The fourth-order valence-corrected chi connectivity index (χ4v) is 2.37. The van der Waals surface area contributed by atoms with Gasteiger partial charge in [-0.15, -0.1) is 0 Å². The maximum absolute atomic E-state index is 5.96. The van der Waals surface area contributed by atoms with Gasteiger partial charge in [0.1, 0.15) is 12.4 Å². The maximum Gasteiger partial charge on any atom is 0.128 e. The van der Waals surface area contributed by atoms with E-state index in [0.717, 1.165) is 22.6 Å². The smallest absolute Gasteiger partial charge is 0.128 e. The van der Waals surface area contributed by atoms with Gasteiger partial charge in [-0.2, -0.15) is 5.10 Å². The molecule has 1 N–H and O–H groups in total. The Hall–Kier alpha value is -3.07. The van der Waals surface area contributed by atoms with E-state index in [0.29, 0.717) is 6.61 Å². The molecular formula is C22H22N2O. The summed E-state index contributed by atoms with van der Waals surface area (Å²) in [4.78, 5) is 0. The monoisotopic (exact) mass is 330 g/mol. The van der Waals surface area contributed by atoms with E-state index in [1.54, 1.807) is 6.21 Å². The van der Waals surface area contributed by atoms with E-state index in [1.807, 2.05) is 36.4 Å². The third kappa shape index (κ3) is 4.95. The lowest BCUT2D eigenvalue weighted by atomic mass is 10.1. The first-order chi connectivity index (χ1) is 12.2. The van der Waals surface area contributed by atoms with Gasteiger partial charge >= 0.3 is 0 Å². The van der Waals surface area contributed by atoms with Crippen molar-refractivity contribution in [3.05, 3.63) is 95.1 Å². The summed E-state index contributed by atoms with van der Waals surface area (Å²) in [6.45, 7) is 4.68. The van der Waals surface area contributed by atoms with Crippen LogP contribution in [-0.4, -0.2) is 6.21 Å². The van der Waals surface area contributed by atoms with Gasteiger partial charge in [0, 0.05) is 5.56 Å². The lowest BCUT2D eigenvalue weighted by molar-refractivity contribution is 0.306. The minimum Gasteiger partial charge on any atom is -0.488 e. The van der Waals surface area contributed by atoms with E-state index >= 15 is 0 Å². The number of aryl methyl sites for hydroxylation is 2. The SMILES string of the molecule is Cc1ccc(COc2ccccc2/C=N/Nc2ccc(C)cc2)cc1. The number of hydrogen-bond acceptors (Lipinski definition) is 3. The van der Waals surface area contributed by atoms with E-state index in [1.165, 1.54) is 11.1 Å². The van der Waals surface area contributed by atoms with Gasteiger partial charge in [-0.3, -0.25) is 5.43 Å². The summed E-state index contributed by atoms with van der Waals surface area (Å²) in [5.41, 5.74) is 8.56. The van der Waals surface area contributed by atoms with Crippen LogP contribution in [0.4, 0.5) is 5.69 Å². The van der Waals surface area contributed by atoms with E-state index in [4.69, 9.17) is 4.74 Å².